The molecule has 0 bridgehead atoms. The highest BCUT2D eigenvalue weighted by molar-refractivity contribution is 9.10. The van der Waals surface area contributed by atoms with Crippen LogP contribution < -0.4 is 0 Å². The first kappa shape index (κ1) is 14.9. The number of aryl methyl sites for hydroxylation is 1. The van der Waals surface area contributed by atoms with Crippen molar-refractivity contribution < 1.29 is 4.79 Å². The van der Waals surface area contributed by atoms with Crippen molar-refractivity contribution in [2.75, 3.05) is 20.6 Å². The van der Waals surface area contributed by atoms with Gasteiger partial charge in [0.15, 0.2) is 0 Å². The minimum atomic E-state index is -0.0429. The normalized spacial score (nSPS) is 11.1. The van der Waals surface area contributed by atoms with E-state index < -0.39 is 0 Å². The lowest BCUT2D eigenvalue weighted by molar-refractivity contribution is 0.102. The number of carbonyl (C=O) groups excluding carboxylic acids is 1. The first-order chi connectivity index (χ1) is 9.49. The van der Waals surface area contributed by atoms with Crippen LogP contribution in [0.4, 0.5) is 0 Å². The molecule has 0 aliphatic rings. The third-order valence-electron chi connectivity index (χ3n) is 2.93. The van der Waals surface area contributed by atoms with Crippen LogP contribution in [0.5, 0.6) is 0 Å². The summed E-state index contributed by atoms with van der Waals surface area (Å²) in [5.74, 6) is -0.0429. The molecule has 6 heteroatoms. The van der Waals surface area contributed by atoms with Gasteiger partial charge in [0.05, 0.1) is 17.2 Å². The molecule has 5 nitrogen and oxygen atoms in total. The highest BCUT2D eigenvalue weighted by Gasteiger charge is 2.19. The number of rotatable bonds is 5. The van der Waals surface area contributed by atoms with Gasteiger partial charge in [0, 0.05) is 24.0 Å². The van der Waals surface area contributed by atoms with Crippen molar-refractivity contribution >= 4 is 21.7 Å². The molecule has 2 aromatic heterocycles. The molecular formula is C14H17BrN4O. The van der Waals surface area contributed by atoms with Gasteiger partial charge in [-0.25, -0.2) is 0 Å². The monoisotopic (exact) mass is 336 g/mol. The third kappa shape index (κ3) is 3.32. The molecule has 0 atom stereocenters. The third-order valence-corrected chi connectivity index (χ3v) is 3.51. The van der Waals surface area contributed by atoms with E-state index in [1.807, 2.05) is 21.0 Å². The number of carbonyl (C=O) groups is 1. The Balaban J connectivity index is 2.32. The number of likely N-dealkylation sites (N-methyl/N-ethyl adjacent to an activating group) is 1. The Morgan fingerprint density at radius 1 is 1.45 bits per heavy atom. The predicted molar refractivity (Wildman–Crippen MR) is 80.9 cm³/mol. The summed E-state index contributed by atoms with van der Waals surface area (Å²) in [4.78, 5) is 18.8. The summed E-state index contributed by atoms with van der Waals surface area (Å²) >= 11 is 3.41. The van der Waals surface area contributed by atoms with Crippen molar-refractivity contribution in [2.45, 2.75) is 13.5 Å². The summed E-state index contributed by atoms with van der Waals surface area (Å²) in [6.45, 7) is 3.36. The van der Waals surface area contributed by atoms with E-state index in [1.165, 1.54) is 0 Å². The van der Waals surface area contributed by atoms with Gasteiger partial charge in [0.25, 0.3) is 0 Å². The molecule has 0 N–H and O–H groups in total. The maximum atomic E-state index is 12.6. The van der Waals surface area contributed by atoms with E-state index in [0.29, 0.717) is 17.8 Å². The zero-order valence-corrected chi connectivity index (χ0v) is 13.4. The van der Waals surface area contributed by atoms with Crippen molar-refractivity contribution in [1.82, 2.24) is 19.7 Å². The lowest BCUT2D eigenvalue weighted by Gasteiger charge is -2.12. The van der Waals surface area contributed by atoms with Crippen molar-refractivity contribution in [3.05, 3.63) is 46.0 Å². The molecule has 0 saturated carbocycles. The quantitative estimate of drug-likeness (QED) is 0.785. The van der Waals surface area contributed by atoms with E-state index >= 15 is 0 Å². The molecule has 0 unspecified atom stereocenters. The summed E-state index contributed by atoms with van der Waals surface area (Å²) in [5, 5.41) is 4.26. The maximum Gasteiger partial charge on any atom is 0.212 e. The first-order valence-electron chi connectivity index (χ1n) is 6.32. The molecule has 0 spiro atoms. The molecule has 0 saturated heterocycles. The van der Waals surface area contributed by atoms with Crippen molar-refractivity contribution in [3.8, 4) is 0 Å². The molecule has 2 heterocycles. The number of aromatic nitrogens is 3. The average molecular weight is 337 g/mol. The number of ketones is 1. The summed E-state index contributed by atoms with van der Waals surface area (Å²) in [7, 11) is 3.98. The topological polar surface area (TPSA) is 51.0 Å². The fourth-order valence-electron chi connectivity index (χ4n) is 1.88. The van der Waals surface area contributed by atoms with Gasteiger partial charge in [-0.1, -0.05) is 0 Å². The number of halogens is 1. The van der Waals surface area contributed by atoms with E-state index in [-0.39, 0.29) is 5.78 Å². The summed E-state index contributed by atoms with van der Waals surface area (Å²) < 4.78 is 2.46. The smallest absolute Gasteiger partial charge is 0.212 e. The zero-order valence-electron chi connectivity index (χ0n) is 11.8. The molecule has 20 heavy (non-hydrogen) atoms. The van der Waals surface area contributed by atoms with E-state index in [4.69, 9.17) is 0 Å². The number of hydrogen-bond acceptors (Lipinski definition) is 4. The maximum absolute atomic E-state index is 12.6. The molecule has 0 radical (unpaired) electrons. The Bertz CT molecular complexity index is 621. The summed E-state index contributed by atoms with van der Waals surface area (Å²) in [5.41, 5.74) is 2.04. The molecule has 2 rings (SSSR count). The molecule has 0 aliphatic carbocycles. The van der Waals surface area contributed by atoms with Gasteiger partial charge in [-0.2, -0.15) is 5.10 Å². The van der Waals surface area contributed by atoms with Gasteiger partial charge in [-0.3, -0.25) is 14.5 Å². The van der Waals surface area contributed by atoms with Gasteiger partial charge in [0.1, 0.15) is 5.69 Å². The van der Waals surface area contributed by atoms with Crippen molar-refractivity contribution in [2.24, 2.45) is 0 Å². The Labute approximate surface area is 126 Å². The largest absolute Gasteiger partial charge is 0.308 e. The van der Waals surface area contributed by atoms with Gasteiger partial charge >= 0.3 is 0 Å². The van der Waals surface area contributed by atoms with Crippen LogP contribution in [0, 0.1) is 6.92 Å². The fourth-order valence-corrected chi connectivity index (χ4v) is 2.35. The van der Waals surface area contributed by atoms with Crippen molar-refractivity contribution in [3.63, 3.8) is 0 Å². The predicted octanol–water partition coefficient (Wildman–Crippen LogP) is 2.14. The van der Waals surface area contributed by atoms with Crippen LogP contribution >= 0.6 is 15.9 Å². The second kappa shape index (κ2) is 6.28. The zero-order chi connectivity index (χ0) is 14.7. The molecular weight excluding hydrogens is 320 g/mol. The van der Waals surface area contributed by atoms with E-state index in [9.17, 15) is 4.79 Å². The Hall–Kier alpha value is -1.53. The standard InChI is InChI=1S/C14H17BrN4O/c1-10-8-11(4-5-16-10)14(20)13-12(15)9-17-19(13)7-6-18(2)3/h4-5,8-9H,6-7H2,1-3H3. The lowest BCUT2D eigenvalue weighted by atomic mass is 10.1. The van der Waals surface area contributed by atoms with Gasteiger partial charge in [0.2, 0.25) is 5.78 Å². The van der Waals surface area contributed by atoms with Gasteiger partial charge in [-0.15, -0.1) is 0 Å². The fraction of sp³-hybridized carbons (Fsp3) is 0.357. The lowest BCUT2D eigenvalue weighted by Crippen LogP contribution is -2.21. The van der Waals surface area contributed by atoms with E-state index in [1.54, 1.807) is 29.2 Å². The Morgan fingerprint density at radius 2 is 2.20 bits per heavy atom. The first-order valence-corrected chi connectivity index (χ1v) is 7.11. The molecule has 2 aromatic rings. The number of nitrogens with zero attached hydrogens (tertiary/aromatic N) is 4. The van der Waals surface area contributed by atoms with Gasteiger partial charge < -0.3 is 4.90 Å². The minimum absolute atomic E-state index is 0.0429. The Morgan fingerprint density at radius 3 is 2.85 bits per heavy atom. The Kier molecular flexibility index (Phi) is 4.67. The van der Waals surface area contributed by atoms with Crippen LogP contribution in [0.25, 0.3) is 0 Å². The van der Waals surface area contributed by atoms with Crippen LogP contribution in [-0.2, 0) is 6.54 Å². The second-order valence-corrected chi connectivity index (χ2v) is 5.74. The highest BCUT2D eigenvalue weighted by Crippen LogP contribution is 2.20. The molecule has 0 aliphatic heterocycles. The average Bonchev–Trinajstić information content (AvgIpc) is 2.76. The molecule has 106 valence electrons. The number of pyridine rings is 1. The molecule has 0 amide bonds. The molecule has 0 fully saturated rings. The summed E-state index contributed by atoms with van der Waals surface area (Å²) in [6, 6.07) is 3.52. The highest BCUT2D eigenvalue weighted by atomic mass is 79.9. The molecule has 0 aromatic carbocycles. The summed E-state index contributed by atoms with van der Waals surface area (Å²) in [6.07, 6.45) is 3.31. The van der Waals surface area contributed by atoms with Crippen LogP contribution in [0.2, 0.25) is 0 Å². The minimum Gasteiger partial charge on any atom is -0.308 e. The van der Waals surface area contributed by atoms with Gasteiger partial charge in [-0.05, 0) is 49.1 Å². The van der Waals surface area contributed by atoms with Crippen LogP contribution in [0.15, 0.2) is 29.0 Å². The number of hydrogen-bond donors (Lipinski definition) is 0. The second-order valence-electron chi connectivity index (χ2n) is 4.88. The van der Waals surface area contributed by atoms with E-state index in [2.05, 4.69) is 30.9 Å². The van der Waals surface area contributed by atoms with Crippen LogP contribution in [0.3, 0.4) is 0 Å². The van der Waals surface area contributed by atoms with Crippen LogP contribution in [0.1, 0.15) is 21.7 Å². The van der Waals surface area contributed by atoms with E-state index in [0.717, 1.165) is 16.7 Å². The SMILES string of the molecule is Cc1cc(C(=O)c2c(Br)cnn2CCN(C)C)ccn1. The van der Waals surface area contributed by atoms with Crippen molar-refractivity contribution in [1.29, 1.82) is 0 Å². The van der Waals surface area contributed by atoms with Crippen LogP contribution in [-0.4, -0.2) is 46.1 Å².